The van der Waals surface area contributed by atoms with Crippen LogP contribution in [-0.2, 0) is 9.53 Å². The van der Waals surface area contributed by atoms with Crippen LogP contribution < -0.4 is 5.32 Å². The zero-order valence-electron chi connectivity index (χ0n) is 15.7. The Morgan fingerprint density at radius 2 is 1.68 bits per heavy atom. The van der Waals surface area contributed by atoms with Crippen LogP contribution in [0.5, 0.6) is 5.75 Å². The van der Waals surface area contributed by atoms with E-state index in [1.807, 2.05) is 38.1 Å². The Labute approximate surface area is 163 Å². The van der Waals surface area contributed by atoms with E-state index >= 15 is 0 Å². The van der Waals surface area contributed by atoms with Crippen LogP contribution in [0, 0.1) is 13.8 Å². The van der Waals surface area contributed by atoms with E-state index in [1.54, 1.807) is 30.3 Å². The molecule has 5 nitrogen and oxygen atoms in total. The molecule has 0 bridgehead atoms. The summed E-state index contributed by atoms with van der Waals surface area (Å²) in [5.74, 6) is -1.19. The van der Waals surface area contributed by atoms with E-state index < -0.39 is 18.0 Å². The number of hydrogen-bond donors (Lipinski definition) is 2. The Morgan fingerprint density at radius 1 is 0.929 bits per heavy atom. The number of benzene rings is 3. The van der Waals surface area contributed by atoms with Crippen LogP contribution in [0.25, 0.3) is 0 Å². The first kappa shape index (κ1) is 19.2. The molecule has 2 N–H and O–H groups in total. The molecule has 28 heavy (non-hydrogen) atoms. The molecule has 0 aromatic heterocycles. The topological polar surface area (TPSA) is 75.6 Å². The van der Waals surface area contributed by atoms with Gasteiger partial charge in [-0.05, 0) is 49.2 Å². The van der Waals surface area contributed by atoms with Gasteiger partial charge < -0.3 is 15.2 Å². The van der Waals surface area contributed by atoms with Gasteiger partial charge in [0.25, 0.3) is 5.91 Å². The molecule has 0 aliphatic rings. The maximum atomic E-state index is 13.0. The zero-order valence-corrected chi connectivity index (χ0v) is 15.7. The van der Waals surface area contributed by atoms with Crippen molar-refractivity contribution in [2.24, 2.45) is 0 Å². The van der Waals surface area contributed by atoms with Gasteiger partial charge in [-0.3, -0.25) is 4.79 Å². The second-order valence-electron chi connectivity index (χ2n) is 6.55. The number of aryl methyl sites for hydroxylation is 2. The summed E-state index contributed by atoms with van der Waals surface area (Å²) in [5.41, 5.74) is 3.30. The van der Waals surface area contributed by atoms with Crippen LogP contribution in [0.2, 0.25) is 0 Å². The molecule has 3 rings (SSSR count). The van der Waals surface area contributed by atoms with Gasteiger partial charge in [0.2, 0.25) is 6.10 Å². The molecule has 3 aromatic carbocycles. The van der Waals surface area contributed by atoms with Crippen LogP contribution in [0.1, 0.15) is 33.2 Å². The number of aromatic hydroxyl groups is 1. The van der Waals surface area contributed by atoms with Crippen molar-refractivity contribution in [3.8, 4) is 5.75 Å². The number of phenols is 1. The lowest BCUT2D eigenvalue weighted by atomic mass is 10.1. The van der Waals surface area contributed by atoms with Gasteiger partial charge in [-0.25, -0.2) is 4.79 Å². The molecule has 0 aliphatic heterocycles. The number of rotatable bonds is 5. The van der Waals surface area contributed by atoms with E-state index in [0.29, 0.717) is 11.3 Å². The lowest BCUT2D eigenvalue weighted by molar-refractivity contribution is -0.125. The van der Waals surface area contributed by atoms with Gasteiger partial charge in [-0.1, -0.05) is 48.5 Å². The normalized spacial score (nSPS) is 11.5. The van der Waals surface area contributed by atoms with Crippen molar-refractivity contribution in [2.45, 2.75) is 20.0 Å². The molecule has 0 unspecified atom stereocenters. The summed E-state index contributed by atoms with van der Waals surface area (Å²) in [7, 11) is 0. The number of hydrogen-bond acceptors (Lipinski definition) is 4. The number of nitrogens with one attached hydrogen (secondary N) is 1. The highest BCUT2D eigenvalue weighted by Gasteiger charge is 2.26. The Balaban J connectivity index is 1.88. The van der Waals surface area contributed by atoms with Crippen LogP contribution in [0.15, 0.2) is 72.8 Å². The number of esters is 1. The predicted octanol–water partition coefficient (Wildman–Crippen LogP) is 4.55. The standard InChI is InChI=1S/C23H21NO4/c1-15-11-12-16(2)20(13-15)24-22(26)21(17-7-4-3-5-8-17)28-23(27)18-9-6-10-19(25)14-18/h3-14,21,25H,1-2H3,(H,24,26)/t21-/m1/s1. The fourth-order valence-electron chi connectivity index (χ4n) is 2.78. The Hall–Kier alpha value is -3.60. The summed E-state index contributed by atoms with van der Waals surface area (Å²) >= 11 is 0. The number of anilines is 1. The minimum Gasteiger partial charge on any atom is -0.508 e. The van der Waals surface area contributed by atoms with Gasteiger partial charge >= 0.3 is 5.97 Å². The fraction of sp³-hybridized carbons (Fsp3) is 0.130. The van der Waals surface area contributed by atoms with Gasteiger partial charge in [0, 0.05) is 11.3 Å². The number of carbonyl (C=O) groups excluding carboxylic acids is 2. The highest BCUT2D eigenvalue weighted by atomic mass is 16.5. The smallest absolute Gasteiger partial charge is 0.339 e. The van der Waals surface area contributed by atoms with Gasteiger partial charge in [-0.2, -0.15) is 0 Å². The second kappa shape index (κ2) is 8.39. The van der Waals surface area contributed by atoms with Gasteiger partial charge in [0.15, 0.2) is 0 Å². The van der Waals surface area contributed by atoms with E-state index in [-0.39, 0.29) is 11.3 Å². The monoisotopic (exact) mass is 375 g/mol. The molecule has 0 fully saturated rings. The van der Waals surface area contributed by atoms with Crippen LogP contribution in [0.3, 0.4) is 0 Å². The number of phenolic OH excluding ortho intramolecular Hbond substituents is 1. The van der Waals surface area contributed by atoms with Crippen molar-refractivity contribution < 1.29 is 19.4 Å². The van der Waals surface area contributed by atoms with Gasteiger partial charge in [-0.15, -0.1) is 0 Å². The molecule has 0 saturated heterocycles. The summed E-state index contributed by atoms with van der Waals surface area (Å²) < 4.78 is 5.52. The zero-order chi connectivity index (χ0) is 20.1. The van der Waals surface area contributed by atoms with Crippen LogP contribution in [-0.4, -0.2) is 17.0 Å². The Kier molecular flexibility index (Phi) is 5.75. The van der Waals surface area contributed by atoms with Crippen molar-refractivity contribution in [2.75, 3.05) is 5.32 Å². The summed E-state index contributed by atoms with van der Waals surface area (Å²) in [4.78, 5) is 25.5. The number of ether oxygens (including phenoxy) is 1. The third-order valence-electron chi connectivity index (χ3n) is 4.30. The molecule has 1 amide bonds. The van der Waals surface area contributed by atoms with Crippen molar-refractivity contribution in [1.82, 2.24) is 0 Å². The predicted molar refractivity (Wildman–Crippen MR) is 107 cm³/mol. The molecular weight excluding hydrogens is 354 g/mol. The lowest BCUT2D eigenvalue weighted by Crippen LogP contribution is -2.26. The first-order valence-electron chi connectivity index (χ1n) is 8.87. The molecule has 3 aromatic rings. The van der Waals surface area contributed by atoms with Gasteiger partial charge in [0.1, 0.15) is 5.75 Å². The summed E-state index contributed by atoms with van der Waals surface area (Å²) in [5, 5.41) is 12.4. The van der Waals surface area contributed by atoms with E-state index in [1.165, 1.54) is 18.2 Å². The van der Waals surface area contributed by atoms with Crippen molar-refractivity contribution in [3.63, 3.8) is 0 Å². The van der Waals surface area contributed by atoms with E-state index in [2.05, 4.69) is 5.32 Å². The average Bonchev–Trinajstić information content (AvgIpc) is 2.69. The quantitative estimate of drug-likeness (QED) is 0.642. The third-order valence-corrected chi connectivity index (χ3v) is 4.30. The van der Waals surface area contributed by atoms with E-state index in [0.717, 1.165) is 11.1 Å². The second-order valence-corrected chi connectivity index (χ2v) is 6.55. The van der Waals surface area contributed by atoms with E-state index in [4.69, 9.17) is 4.74 Å². The third kappa shape index (κ3) is 4.57. The molecule has 0 radical (unpaired) electrons. The molecule has 0 saturated carbocycles. The van der Waals surface area contributed by atoms with Crippen molar-refractivity contribution in [1.29, 1.82) is 0 Å². The minimum absolute atomic E-state index is 0.0504. The maximum absolute atomic E-state index is 13.0. The minimum atomic E-state index is -1.13. The Morgan fingerprint density at radius 3 is 2.39 bits per heavy atom. The molecule has 0 heterocycles. The average molecular weight is 375 g/mol. The summed E-state index contributed by atoms with van der Waals surface area (Å²) in [6.07, 6.45) is -1.13. The largest absolute Gasteiger partial charge is 0.508 e. The maximum Gasteiger partial charge on any atom is 0.339 e. The van der Waals surface area contributed by atoms with Crippen LogP contribution in [0.4, 0.5) is 5.69 Å². The first-order chi connectivity index (χ1) is 13.4. The molecule has 0 aliphatic carbocycles. The highest BCUT2D eigenvalue weighted by molar-refractivity contribution is 5.98. The molecule has 1 atom stereocenters. The van der Waals surface area contributed by atoms with Crippen LogP contribution >= 0.6 is 0 Å². The number of carbonyl (C=O) groups is 2. The Bertz CT molecular complexity index is 998. The van der Waals surface area contributed by atoms with E-state index in [9.17, 15) is 14.7 Å². The highest BCUT2D eigenvalue weighted by Crippen LogP contribution is 2.24. The summed E-state index contributed by atoms with van der Waals surface area (Å²) in [6, 6.07) is 20.4. The fourth-order valence-corrected chi connectivity index (χ4v) is 2.78. The molecule has 142 valence electrons. The van der Waals surface area contributed by atoms with Crippen molar-refractivity contribution >= 4 is 17.6 Å². The van der Waals surface area contributed by atoms with Gasteiger partial charge in [0.05, 0.1) is 5.56 Å². The number of amides is 1. The molecule has 5 heteroatoms. The lowest BCUT2D eigenvalue weighted by Gasteiger charge is -2.19. The SMILES string of the molecule is Cc1ccc(C)c(NC(=O)[C@H](OC(=O)c2cccc(O)c2)c2ccccc2)c1. The first-order valence-corrected chi connectivity index (χ1v) is 8.87. The van der Waals surface area contributed by atoms with Crippen molar-refractivity contribution in [3.05, 3.63) is 95.1 Å². The molecular formula is C23H21NO4. The molecule has 0 spiro atoms. The summed E-state index contributed by atoms with van der Waals surface area (Å²) in [6.45, 7) is 3.83.